The predicted octanol–water partition coefficient (Wildman–Crippen LogP) is -0.0481. The summed E-state index contributed by atoms with van der Waals surface area (Å²) >= 11 is 4.90. The number of para-hydroxylation sites is 1. The van der Waals surface area contributed by atoms with Crippen LogP contribution < -0.4 is 21.1 Å². The predicted molar refractivity (Wildman–Crippen MR) is 79.5 cm³/mol. The van der Waals surface area contributed by atoms with E-state index in [4.69, 9.17) is 22.7 Å². The monoisotopic (exact) mass is 295 g/mol. The average molecular weight is 295 g/mol. The number of rotatable bonds is 7. The van der Waals surface area contributed by atoms with Crippen LogP contribution in [0.4, 0.5) is 0 Å². The molecule has 0 aliphatic carbocycles. The number of hydrogen-bond acceptors (Lipinski definition) is 4. The molecule has 0 heterocycles. The molecule has 0 bridgehead atoms. The second-order valence-electron chi connectivity index (χ2n) is 3.98. The van der Waals surface area contributed by atoms with E-state index in [2.05, 4.69) is 10.6 Å². The zero-order valence-electron chi connectivity index (χ0n) is 11.1. The molecule has 0 radical (unpaired) electrons. The van der Waals surface area contributed by atoms with E-state index in [0.717, 1.165) is 0 Å². The Hall–Kier alpha value is -2.15. The van der Waals surface area contributed by atoms with Gasteiger partial charge in [0, 0.05) is 20.0 Å². The molecule has 0 saturated carbocycles. The van der Waals surface area contributed by atoms with Gasteiger partial charge < -0.3 is 21.1 Å². The van der Waals surface area contributed by atoms with Crippen molar-refractivity contribution in [2.45, 2.75) is 6.92 Å². The third-order valence-corrected chi connectivity index (χ3v) is 2.55. The zero-order chi connectivity index (χ0) is 15.0. The SMILES string of the molecule is CC(=O)NCCNC(=O)COc1ccccc1C(N)=S. The average Bonchev–Trinajstić information content (AvgIpc) is 2.41. The van der Waals surface area contributed by atoms with Crippen LogP contribution in [0, 0.1) is 0 Å². The molecule has 108 valence electrons. The van der Waals surface area contributed by atoms with Crippen LogP contribution in [0.25, 0.3) is 0 Å². The molecule has 0 unspecified atom stereocenters. The molecule has 1 aromatic rings. The third-order valence-electron chi connectivity index (χ3n) is 2.33. The van der Waals surface area contributed by atoms with Crippen LogP contribution in [0.2, 0.25) is 0 Å². The van der Waals surface area contributed by atoms with Crippen molar-refractivity contribution < 1.29 is 14.3 Å². The smallest absolute Gasteiger partial charge is 0.258 e. The number of carbonyl (C=O) groups is 2. The Morgan fingerprint density at radius 3 is 2.55 bits per heavy atom. The third kappa shape index (κ3) is 5.66. The first-order chi connectivity index (χ1) is 9.50. The standard InChI is InChI=1S/C13H17N3O3S/c1-9(17)15-6-7-16-12(18)8-19-11-5-3-2-4-10(11)13(14)20/h2-5H,6-8H2,1H3,(H2,14,20)(H,15,17)(H,16,18). The molecule has 0 atom stereocenters. The quantitative estimate of drug-likeness (QED) is 0.484. The van der Waals surface area contributed by atoms with Crippen molar-refractivity contribution in [1.29, 1.82) is 0 Å². The lowest BCUT2D eigenvalue weighted by molar-refractivity contribution is -0.123. The van der Waals surface area contributed by atoms with Crippen molar-refractivity contribution in [3.8, 4) is 5.75 Å². The van der Waals surface area contributed by atoms with Gasteiger partial charge in [-0.05, 0) is 12.1 Å². The Morgan fingerprint density at radius 1 is 1.25 bits per heavy atom. The van der Waals surface area contributed by atoms with Crippen LogP contribution in [0.1, 0.15) is 12.5 Å². The van der Waals surface area contributed by atoms with Gasteiger partial charge in [0.15, 0.2) is 6.61 Å². The van der Waals surface area contributed by atoms with Gasteiger partial charge in [-0.1, -0.05) is 24.4 Å². The van der Waals surface area contributed by atoms with Crippen LogP contribution in [0.15, 0.2) is 24.3 Å². The minimum atomic E-state index is -0.284. The molecule has 0 aliphatic rings. The van der Waals surface area contributed by atoms with Crippen molar-refractivity contribution in [2.75, 3.05) is 19.7 Å². The molecule has 7 heteroatoms. The first kappa shape index (κ1) is 15.9. The molecule has 0 aliphatic heterocycles. The number of carbonyl (C=O) groups excluding carboxylic acids is 2. The van der Waals surface area contributed by atoms with E-state index in [0.29, 0.717) is 24.4 Å². The summed E-state index contributed by atoms with van der Waals surface area (Å²) in [5.41, 5.74) is 6.15. The zero-order valence-corrected chi connectivity index (χ0v) is 12.0. The fraction of sp³-hybridized carbons (Fsp3) is 0.308. The summed E-state index contributed by atoms with van der Waals surface area (Å²) in [4.78, 5) is 22.4. The number of ether oxygens (including phenoxy) is 1. The number of thiocarbonyl (C=S) groups is 1. The molecule has 4 N–H and O–H groups in total. The Labute approximate surface area is 122 Å². The van der Waals surface area contributed by atoms with Crippen molar-refractivity contribution in [2.24, 2.45) is 5.73 Å². The minimum Gasteiger partial charge on any atom is -0.483 e. The normalized spacial score (nSPS) is 9.65. The summed E-state index contributed by atoms with van der Waals surface area (Å²) in [6.07, 6.45) is 0. The Kier molecular flexibility index (Phi) is 6.45. The van der Waals surface area contributed by atoms with E-state index >= 15 is 0 Å². The molecule has 6 nitrogen and oxygen atoms in total. The van der Waals surface area contributed by atoms with E-state index < -0.39 is 0 Å². The number of nitrogens with one attached hydrogen (secondary N) is 2. The van der Waals surface area contributed by atoms with E-state index in [1.807, 2.05) is 0 Å². The largest absolute Gasteiger partial charge is 0.483 e. The van der Waals surface area contributed by atoms with Gasteiger partial charge in [0.1, 0.15) is 10.7 Å². The maximum atomic E-state index is 11.5. The lowest BCUT2D eigenvalue weighted by atomic mass is 10.2. The molecule has 1 aromatic carbocycles. The van der Waals surface area contributed by atoms with E-state index in [1.165, 1.54) is 6.92 Å². The molecular formula is C13H17N3O3S. The maximum Gasteiger partial charge on any atom is 0.258 e. The topological polar surface area (TPSA) is 93.5 Å². The highest BCUT2D eigenvalue weighted by atomic mass is 32.1. The van der Waals surface area contributed by atoms with Crippen molar-refractivity contribution in [1.82, 2.24) is 10.6 Å². The van der Waals surface area contributed by atoms with Crippen molar-refractivity contribution in [3.05, 3.63) is 29.8 Å². The lowest BCUT2D eigenvalue weighted by Crippen LogP contribution is -2.36. The van der Waals surface area contributed by atoms with Crippen molar-refractivity contribution in [3.63, 3.8) is 0 Å². The van der Waals surface area contributed by atoms with E-state index in [9.17, 15) is 9.59 Å². The maximum absolute atomic E-state index is 11.5. The Bertz CT molecular complexity index is 505. The van der Waals surface area contributed by atoms with Gasteiger partial charge in [-0.3, -0.25) is 9.59 Å². The first-order valence-corrected chi connectivity index (χ1v) is 6.44. The molecule has 0 aromatic heterocycles. The molecular weight excluding hydrogens is 278 g/mol. The van der Waals surface area contributed by atoms with Gasteiger partial charge in [-0.2, -0.15) is 0 Å². The van der Waals surface area contributed by atoms with Crippen LogP contribution in [-0.4, -0.2) is 36.5 Å². The summed E-state index contributed by atoms with van der Waals surface area (Å²) in [7, 11) is 0. The summed E-state index contributed by atoms with van der Waals surface area (Å²) in [6.45, 7) is 2.00. The van der Waals surface area contributed by atoms with E-state index in [1.54, 1.807) is 24.3 Å². The van der Waals surface area contributed by atoms with Crippen LogP contribution in [-0.2, 0) is 9.59 Å². The van der Waals surface area contributed by atoms with Crippen LogP contribution in [0.5, 0.6) is 5.75 Å². The number of hydrogen-bond donors (Lipinski definition) is 3. The van der Waals surface area contributed by atoms with Gasteiger partial charge in [0.2, 0.25) is 5.91 Å². The van der Waals surface area contributed by atoms with Gasteiger partial charge in [0.05, 0.1) is 5.56 Å². The Morgan fingerprint density at radius 2 is 1.90 bits per heavy atom. The molecule has 2 amide bonds. The highest BCUT2D eigenvalue weighted by Crippen LogP contribution is 2.17. The molecule has 0 saturated heterocycles. The molecule has 0 fully saturated rings. The summed E-state index contributed by atoms with van der Waals surface area (Å²) in [5, 5.41) is 5.18. The first-order valence-electron chi connectivity index (χ1n) is 6.03. The fourth-order valence-electron chi connectivity index (χ4n) is 1.43. The second-order valence-corrected chi connectivity index (χ2v) is 4.42. The van der Waals surface area contributed by atoms with Gasteiger partial charge >= 0.3 is 0 Å². The molecule has 0 spiro atoms. The second kappa shape index (κ2) is 8.11. The van der Waals surface area contributed by atoms with Crippen LogP contribution in [0.3, 0.4) is 0 Å². The van der Waals surface area contributed by atoms with Crippen LogP contribution >= 0.6 is 12.2 Å². The highest BCUT2D eigenvalue weighted by molar-refractivity contribution is 7.80. The van der Waals surface area contributed by atoms with E-state index in [-0.39, 0.29) is 23.4 Å². The molecule has 20 heavy (non-hydrogen) atoms. The number of benzene rings is 1. The summed E-state index contributed by atoms with van der Waals surface area (Å²) in [5.74, 6) is 0.0472. The number of nitrogens with two attached hydrogens (primary N) is 1. The number of amides is 2. The van der Waals surface area contributed by atoms with Gasteiger partial charge in [0.25, 0.3) is 5.91 Å². The minimum absolute atomic E-state index is 0.138. The molecule has 1 rings (SSSR count). The summed E-state index contributed by atoms with van der Waals surface area (Å²) in [6, 6.07) is 6.98. The highest BCUT2D eigenvalue weighted by Gasteiger charge is 2.07. The fourth-order valence-corrected chi connectivity index (χ4v) is 1.60. The summed E-state index contributed by atoms with van der Waals surface area (Å²) < 4.78 is 5.37. The van der Waals surface area contributed by atoms with Crippen molar-refractivity contribution >= 4 is 29.0 Å². The van der Waals surface area contributed by atoms with Gasteiger partial charge in [-0.25, -0.2) is 0 Å². The Balaban J connectivity index is 2.38. The van der Waals surface area contributed by atoms with Gasteiger partial charge in [-0.15, -0.1) is 0 Å². The lowest BCUT2D eigenvalue weighted by Gasteiger charge is -2.10.